The van der Waals surface area contributed by atoms with Crippen LogP contribution in [0.3, 0.4) is 0 Å². The van der Waals surface area contributed by atoms with Crippen LogP contribution in [0.2, 0.25) is 0 Å². The van der Waals surface area contributed by atoms with Gasteiger partial charge >= 0.3 is 5.97 Å². The maximum Gasteiger partial charge on any atom is 0.335 e. The van der Waals surface area contributed by atoms with Gasteiger partial charge in [0.15, 0.2) is 0 Å². The Kier molecular flexibility index (Phi) is 4.97. The zero-order valence-corrected chi connectivity index (χ0v) is 7.61. The molecule has 0 saturated heterocycles. The van der Waals surface area contributed by atoms with Crippen molar-refractivity contribution < 1.29 is 9.90 Å². The molecule has 0 radical (unpaired) electrons. The highest BCUT2D eigenvalue weighted by Gasteiger charge is 1.99. The Labute approximate surface area is 77.2 Å². The Morgan fingerprint density at radius 2 is 1.77 bits per heavy atom. The Bertz CT molecular complexity index is 309. The highest BCUT2D eigenvalue weighted by Crippen LogP contribution is 2.02. The molecule has 0 unspecified atom stereocenters. The molecule has 0 amide bonds. The fourth-order valence-electron chi connectivity index (χ4n) is 0.687. The molecule has 0 heterocycles. The van der Waals surface area contributed by atoms with Gasteiger partial charge in [0, 0.05) is 0 Å². The van der Waals surface area contributed by atoms with Gasteiger partial charge in [-0.1, -0.05) is 13.8 Å². The number of rotatable bonds is 1. The zero-order chi connectivity index (χ0) is 10.3. The van der Waals surface area contributed by atoms with Gasteiger partial charge < -0.3 is 5.11 Å². The van der Waals surface area contributed by atoms with Gasteiger partial charge in [0.25, 0.3) is 0 Å². The van der Waals surface area contributed by atoms with Crippen molar-refractivity contribution in [2.75, 3.05) is 0 Å². The van der Waals surface area contributed by atoms with Gasteiger partial charge in [0.1, 0.15) is 0 Å². The van der Waals surface area contributed by atoms with Crippen LogP contribution in [0.15, 0.2) is 24.3 Å². The average molecular weight is 177 g/mol. The van der Waals surface area contributed by atoms with Crippen LogP contribution in [0.5, 0.6) is 0 Å². The topological polar surface area (TPSA) is 61.1 Å². The van der Waals surface area contributed by atoms with Crippen molar-refractivity contribution in [1.82, 2.24) is 0 Å². The standard InChI is InChI=1S/C8H5NO2.C2H6/c9-5-6-1-3-7(4-2-6)8(10)11;1-2/h1-4H,(H,10,11);1-2H3. The van der Waals surface area contributed by atoms with Gasteiger partial charge in [-0.3, -0.25) is 0 Å². The molecule has 0 spiro atoms. The van der Waals surface area contributed by atoms with Crippen LogP contribution in [0.4, 0.5) is 0 Å². The first kappa shape index (κ1) is 11.2. The Hall–Kier alpha value is -1.82. The van der Waals surface area contributed by atoms with Crippen LogP contribution in [0.25, 0.3) is 0 Å². The predicted octanol–water partition coefficient (Wildman–Crippen LogP) is 2.28. The minimum Gasteiger partial charge on any atom is -0.478 e. The van der Waals surface area contributed by atoms with E-state index in [0.29, 0.717) is 5.56 Å². The molecule has 0 aliphatic heterocycles. The van der Waals surface area contributed by atoms with Crippen LogP contribution in [0.1, 0.15) is 29.8 Å². The second kappa shape index (κ2) is 5.78. The molecule has 68 valence electrons. The molecule has 0 atom stereocenters. The van der Waals surface area contributed by atoms with E-state index in [1.54, 1.807) is 0 Å². The minimum absolute atomic E-state index is 0.198. The summed E-state index contributed by atoms with van der Waals surface area (Å²) in [7, 11) is 0. The molecule has 1 aromatic rings. The number of carboxylic acid groups (broad SMARTS) is 1. The van der Waals surface area contributed by atoms with Gasteiger partial charge in [-0.05, 0) is 24.3 Å². The lowest BCUT2D eigenvalue weighted by molar-refractivity contribution is 0.0697. The van der Waals surface area contributed by atoms with Crippen LogP contribution < -0.4 is 0 Å². The van der Waals surface area contributed by atoms with Crippen molar-refractivity contribution in [3.8, 4) is 6.07 Å². The summed E-state index contributed by atoms with van der Waals surface area (Å²) in [6, 6.07) is 7.66. The number of hydrogen-bond donors (Lipinski definition) is 1. The van der Waals surface area contributed by atoms with E-state index in [-0.39, 0.29) is 5.56 Å². The van der Waals surface area contributed by atoms with Crippen molar-refractivity contribution in [1.29, 1.82) is 5.26 Å². The molecular weight excluding hydrogens is 166 g/mol. The van der Waals surface area contributed by atoms with Crippen LogP contribution in [-0.2, 0) is 0 Å². The van der Waals surface area contributed by atoms with E-state index in [2.05, 4.69) is 0 Å². The highest BCUT2D eigenvalue weighted by molar-refractivity contribution is 5.87. The number of carbonyl (C=O) groups is 1. The molecule has 3 heteroatoms. The Balaban J connectivity index is 0.000000671. The first-order valence-electron chi connectivity index (χ1n) is 3.97. The predicted molar refractivity (Wildman–Crippen MR) is 49.5 cm³/mol. The number of aromatic carboxylic acids is 1. The van der Waals surface area contributed by atoms with Crippen LogP contribution in [0, 0.1) is 11.3 Å². The molecule has 13 heavy (non-hydrogen) atoms. The summed E-state index contributed by atoms with van der Waals surface area (Å²) in [5, 5.41) is 16.8. The van der Waals surface area contributed by atoms with Crippen LogP contribution in [-0.4, -0.2) is 11.1 Å². The second-order valence-corrected chi connectivity index (χ2v) is 1.99. The number of nitrogens with zero attached hydrogens (tertiary/aromatic N) is 1. The molecular formula is C10H11NO2. The quantitative estimate of drug-likeness (QED) is 0.715. The number of benzene rings is 1. The highest BCUT2D eigenvalue weighted by atomic mass is 16.4. The number of carboxylic acids is 1. The summed E-state index contributed by atoms with van der Waals surface area (Å²) >= 11 is 0. The summed E-state index contributed by atoms with van der Waals surface area (Å²) < 4.78 is 0. The van der Waals surface area contributed by atoms with Crippen molar-refractivity contribution in [3.05, 3.63) is 35.4 Å². The van der Waals surface area contributed by atoms with E-state index in [9.17, 15) is 4.79 Å². The zero-order valence-electron chi connectivity index (χ0n) is 7.61. The van der Waals surface area contributed by atoms with Crippen molar-refractivity contribution in [3.63, 3.8) is 0 Å². The summed E-state index contributed by atoms with van der Waals surface area (Å²) in [6.07, 6.45) is 0. The third-order valence-electron chi connectivity index (χ3n) is 1.26. The maximum absolute atomic E-state index is 10.3. The first-order valence-corrected chi connectivity index (χ1v) is 3.97. The monoisotopic (exact) mass is 177 g/mol. The number of nitriles is 1. The second-order valence-electron chi connectivity index (χ2n) is 1.99. The third kappa shape index (κ3) is 3.39. The lowest BCUT2D eigenvalue weighted by Gasteiger charge is -1.91. The summed E-state index contributed by atoms with van der Waals surface area (Å²) in [4.78, 5) is 10.3. The van der Waals surface area contributed by atoms with Gasteiger partial charge in [0.2, 0.25) is 0 Å². The normalized spacial score (nSPS) is 7.77. The molecule has 3 nitrogen and oxygen atoms in total. The fourth-order valence-corrected chi connectivity index (χ4v) is 0.687. The molecule has 1 N–H and O–H groups in total. The van der Waals surface area contributed by atoms with E-state index < -0.39 is 5.97 Å². The van der Waals surface area contributed by atoms with E-state index in [1.165, 1.54) is 24.3 Å². The Morgan fingerprint density at radius 1 is 1.31 bits per heavy atom. The van der Waals surface area contributed by atoms with Gasteiger partial charge in [-0.2, -0.15) is 5.26 Å². The van der Waals surface area contributed by atoms with E-state index >= 15 is 0 Å². The number of hydrogen-bond acceptors (Lipinski definition) is 2. The molecule has 1 aromatic carbocycles. The van der Waals surface area contributed by atoms with E-state index in [0.717, 1.165) is 0 Å². The SMILES string of the molecule is CC.N#Cc1ccc(C(=O)O)cc1. The molecule has 0 saturated carbocycles. The van der Waals surface area contributed by atoms with Gasteiger partial charge in [-0.25, -0.2) is 4.79 Å². The lowest BCUT2D eigenvalue weighted by atomic mass is 10.1. The molecule has 0 aromatic heterocycles. The molecule has 0 aliphatic carbocycles. The van der Waals surface area contributed by atoms with Crippen LogP contribution >= 0.6 is 0 Å². The van der Waals surface area contributed by atoms with Crippen molar-refractivity contribution in [2.24, 2.45) is 0 Å². The van der Waals surface area contributed by atoms with Crippen molar-refractivity contribution in [2.45, 2.75) is 13.8 Å². The van der Waals surface area contributed by atoms with Gasteiger partial charge in [0.05, 0.1) is 17.2 Å². The molecule has 1 rings (SSSR count). The average Bonchev–Trinajstić information content (AvgIpc) is 2.21. The lowest BCUT2D eigenvalue weighted by Crippen LogP contribution is -1.94. The van der Waals surface area contributed by atoms with E-state index in [4.69, 9.17) is 10.4 Å². The first-order chi connectivity index (χ1) is 6.24. The minimum atomic E-state index is -0.977. The van der Waals surface area contributed by atoms with Crippen molar-refractivity contribution >= 4 is 5.97 Å². The smallest absolute Gasteiger partial charge is 0.335 e. The van der Waals surface area contributed by atoms with E-state index in [1.807, 2.05) is 19.9 Å². The van der Waals surface area contributed by atoms with Gasteiger partial charge in [-0.15, -0.1) is 0 Å². The third-order valence-corrected chi connectivity index (χ3v) is 1.26. The summed E-state index contributed by atoms with van der Waals surface area (Å²) in [6.45, 7) is 4.00. The Morgan fingerprint density at radius 3 is 2.08 bits per heavy atom. The summed E-state index contributed by atoms with van der Waals surface area (Å²) in [5.41, 5.74) is 0.666. The molecule has 0 fully saturated rings. The maximum atomic E-state index is 10.3. The fraction of sp³-hybridized carbons (Fsp3) is 0.200. The largest absolute Gasteiger partial charge is 0.478 e. The summed E-state index contributed by atoms with van der Waals surface area (Å²) in [5.74, 6) is -0.977. The molecule has 0 aliphatic rings. The molecule has 0 bridgehead atoms.